The molecule has 2 amide bonds. The first kappa shape index (κ1) is 24.5. The average Bonchev–Trinajstić information content (AvgIpc) is 3.59. The molecule has 6 nitrogen and oxygen atoms in total. The van der Waals surface area contributed by atoms with Crippen LogP contribution in [0, 0.1) is 6.92 Å². The van der Waals surface area contributed by atoms with Gasteiger partial charge in [-0.2, -0.15) is 0 Å². The highest BCUT2D eigenvalue weighted by atomic mass is 32.1. The number of ether oxygens (including phenoxy) is 2. The lowest BCUT2D eigenvalue weighted by atomic mass is 10.00. The Kier molecular flexibility index (Phi) is 7.68. The van der Waals surface area contributed by atoms with Crippen molar-refractivity contribution < 1.29 is 19.1 Å². The molecule has 0 spiro atoms. The molecule has 188 valence electrons. The van der Waals surface area contributed by atoms with E-state index in [4.69, 9.17) is 9.47 Å². The zero-order chi connectivity index (χ0) is 24.9. The summed E-state index contributed by atoms with van der Waals surface area (Å²) in [6, 6.07) is 19.1. The second-order valence-electron chi connectivity index (χ2n) is 9.41. The van der Waals surface area contributed by atoms with Crippen LogP contribution < -0.4 is 4.74 Å². The monoisotopic (exact) mass is 504 g/mol. The van der Waals surface area contributed by atoms with Crippen LogP contribution in [0.2, 0.25) is 0 Å². The molecule has 0 radical (unpaired) electrons. The van der Waals surface area contributed by atoms with Gasteiger partial charge in [0, 0.05) is 30.1 Å². The highest BCUT2D eigenvalue weighted by Crippen LogP contribution is 2.34. The second kappa shape index (κ2) is 11.3. The number of hydrogen-bond donors (Lipinski definition) is 0. The van der Waals surface area contributed by atoms with E-state index in [1.807, 2.05) is 66.4 Å². The van der Waals surface area contributed by atoms with Crippen LogP contribution in [0.3, 0.4) is 0 Å². The molecule has 0 unspecified atom stereocenters. The molecule has 3 aromatic rings. The van der Waals surface area contributed by atoms with Gasteiger partial charge in [0.2, 0.25) is 5.91 Å². The van der Waals surface area contributed by atoms with Gasteiger partial charge in [0.05, 0.1) is 12.1 Å². The van der Waals surface area contributed by atoms with E-state index in [0.29, 0.717) is 31.9 Å². The molecule has 2 aliphatic heterocycles. The molecule has 0 N–H and O–H groups in total. The van der Waals surface area contributed by atoms with Gasteiger partial charge in [-0.05, 0) is 67.0 Å². The molecule has 1 saturated heterocycles. The number of fused-ring (bicyclic) bond motifs is 1. The van der Waals surface area contributed by atoms with E-state index < -0.39 is 0 Å². The Balaban J connectivity index is 1.36. The molecule has 3 heterocycles. The summed E-state index contributed by atoms with van der Waals surface area (Å²) in [5.74, 6) is 0.595. The van der Waals surface area contributed by atoms with Crippen molar-refractivity contribution >= 4 is 23.2 Å². The number of amides is 2. The summed E-state index contributed by atoms with van der Waals surface area (Å²) in [6.45, 7) is 4.06. The number of aryl methyl sites for hydroxylation is 1. The average molecular weight is 505 g/mol. The van der Waals surface area contributed by atoms with E-state index in [2.05, 4.69) is 11.4 Å². The number of nitrogens with zero attached hydrogens (tertiary/aromatic N) is 2. The van der Waals surface area contributed by atoms with E-state index >= 15 is 0 Å². The van der Waals surface area contributed by atoms with Gasteiger partial charge in [-0.15, -0.1) is 11.3 Å². The van der Waals surface area contributed by atoms with Gasteiger partial charge in [0.25, 0.3) is 5.91 Å². The fourth-order valence-corrected chi connectivity index (χ4v) is 5.99. The third-order valence-corrected chi connectivity index (χ3v) is 8.00. The van der Waals surface area contributed by atoms with Gasteiger partial charge in [0.15, 0.2) is 0 Å². The fourth-order valence-electron chi connectivity index (χ4n) is 5.06. The van der Waals surface area contributed by atoms with Gasteiger partial charge in [-0.3, -0.25) is 9.59 Å². The molecule has 2 aliphatic rings. The summed E-state index contributed by atoms with van der Waals surface area (Å²) in [5, 5.41) is 2.08. The number of para-hydroxylation sites is 1. The number of thiophene rings is 1. The van der Waals surface area contributed by atoms with Gasteiger partial charge in [0.1, 0.15) is 18.9 Å². The van der Waals surface area contributed by atoms with Crippen molar-refractivity contribution in [2.24, 2.45) is 0 Å². The van der Waals surface area contributed by atoms with Crippen molar-refractivity contribution in [3.8, 4) is 5.75 Å². The summed E-state index contributed by atoms with van der Waals surface area (Å²) in [4.78, 5) is 32.3. The van der Waals surface area contributed by atoms with Crippen LogP contribution in [0.5, 0.6) is 5.75 Å². The van der Waals surface area contributed by atoms with Gasteiger partial charge in [-0.25, -0.2) is 0 Å². The molecule has 2 aromatic carbocycles. The van der Waals surface area contributed by atoms with E-state index in [9.17, 15) is 9.59 Å². The van der Waals surface area contributed by atoms with Gasteiger partial charge >= 0.3 is 0 Å². The molecule has 36 heavy (non-hydrogen) atoms. The van der Waals surface area contributed by atoms with Gasteiger partial charge < -0.3 is 19.3 Å². The van der Waals surface area contributed by atoms with Crippen molar-refractivity contribution in [3.05, 3.63) is 87.6 Å². The van der Waals surface area contributed by atoms with Crippen LogP contribution in [0.15, 0.2) is 66.0 Å². The Morgan fingerprint density at radius 1 is 1.11 bits per heavy atom. The molecule has 1 fully saturated rings. The maximum absolute atomic E-state index is 13.8. The Morgan fingerprint density at radius 2 is 1.92 bits per heavy atom. The third kappa shape index (κ3) is 5.47. The summed E-state index contributed by atoms with van der Waals surface area (Å²) in [7, 11) is 0. The molecule has 5 rings (SSSR count). The minimum atomic E-state index is -0.189. The summed E-state index contributed by atoms with van der Waals surface area (Å²) < 4.78 is 11.9. The molecular formula is C29H32N2O4S. The Labute approximate surface area is 216 Å². The molecule has 7 heteroatoms. The van der Waals surface area contributed by atoms with Gasteiger partial charge in [-0.1, -0.05) is 36.4 Å². The van der Waals surface area contributed by atoms with Crippen molar-refractivity contribution in [3.63, 3.8) is 0 Å². The minimum Gasteiger partial charge on any atom is -0.491 e. The number of carbonyl (C=O) groups is 2. The molecule has 1 aromatic heterocycles. The molecule has 0 aliphatic carbocycles. The molecule has 0 saturated carbocycles. The summed E-state index contributed by atoms with van der Waals surface area (Å²) in [6.07, 6.45) is 2.67. The van der Waals surface area contributed by atoms with Crippen molar-refractivity contribution in [1.82, 2.24) is 9.80 Å². The topological polar surface area (TPSA) is 59.1 Å². The lowest BCUT2D eigenvalue weighted by Gasteiger charge is -2.37. The van der Waals surface area contributed by atoms with E-state index in [1.54, 1.807) is 16.2 Å². The summed E-state index contributed by atoms with van der Waals surface area (Å²) >= 11 is 1.73. The predicted octanol–water partition coefficient (Wildman–Crippen LogP) is 4.88. The Bertz CT molecular complexity index is 1190. The smallest absolute Gasteiger partial charge is 0.254 e. The van der Waals surface area contributed by atoms with E-state index in [-0.39, 0.29) is 30.5 Å². The Morgan fingerprint density at radius 3 is 2.69 bits per heavy atom. The maximum Gasteiger partial charge on any atom is 0.254 e. The van der Waals surface area contributed by atoms with Crippen molar-refractivity contribution in [2.75, 3.05) is 32.8 Å². The highest BCUT2D eigenvalue weighted by Gasteiger charge is 2.34. The minimum absolute atomic E-state index is 0.0222. The number of hydrogen-bond acceptors (Lipinski definition) is 5. The first-order valence-corrected chi connectivity index (χ1v) is 13.5. The van der Waals surface area contributed by atoms with Crippen LogP contribution in [0.25, 0.3) is 0 Å². The normalized spacial score (nSPS) is 19.1. The van der Waals surface area contributed by atoms with Crippen LogP contribution in [-0.2, 0) is 16.0 Å². The van der Waals surface area contributed by atoms with Crippen LogP contribution in [0.4, 0.5) is 0 Å². The fraction of sp³-hybridized carbons (Fsp3) is 0.379. The lowest BCUT2D eigenvalue weighted by Crippen LogP contribution is -2.49. The molecule has 2 atom stereocenters. The largest absolute Gasteiger partial charge is 0.491 e. The first-order chi connectivity index (χ1) is 17.6. The first-order valence-electron chi connectivity index (χ1n) is 12.6. The quantitative estimate of drug-likeness (QED) is 0.439. The van der Waals surface area contributed by atoms with Crippen LogP contribution in [-0.4, -0.2) is 60.6 Å². The lowest BCUT2D eigenvalue weighted by molar-refractivity contribution is -0.135. The second-order valence-corrected chi connectivity index (χ2v) is 10.4. The van der Waals surface area contributed by atoms with Crippen LogP contribution >= 0.6 is 11.3 Å². The standard InChI is InChI=1S/C29H32N2O4S/c1-21-8-5-6-12-24(21)29(33)30(18-23-11-7-16-34-23)19-28(32)31-15-13-27-25(14-17-36-27)26(31)20-35-22-9-3-2-4-10-22/h2-6,8-10,12,14,17,23,26H,7,11,13,15-16,18-20H2,1H3/t23-,26-/m1/s1. The summed E-state index contributed by atoms with van der Waals surface area (Å²) in [5.41, 5.74) is 2.68. The van der Waals surface area contributed by atoms with Crippen LogP contribution in [0.1, 0.15) is 45.2 Å². The number of carbonyl (C=O) groups excluding carboxylic acids is 2. The van der Waals surface area contributed by atoms with Crippen molar-refractivity contribution in [1.29, 1.82) is 0 Å². The number of benzene rings is 2. The Hall–Kier alpha value is -3.16. The predicted molar refractivity (Wildman–Crippen MR) is 140 cm³/mol. The number of rotatable bonds is 8. The van der Waals surface area contributed by atoms with E-state index in [1.165, 1.54) is 4.88 Å². The maximum atomic E-state index is 13.8. The molecular weight excluding hydrogens is 472 g/mol. The zero-order valence-electron chi connectivity index (χ0n) is 20.6. The van der Waals surface area contributed by atoms with E-state index in [0.717, 1.165) is 36.1 Å². The highest BCUT2D eigenvalue weighted by molar-refractivity contribution is 7.10. The van der Waals surface area contributed by atoms with Crippen molar-refractivity contribution in [2.45, 2.75) is 38.3 Å². The SMILES string of the molecule is Cc1ccccc1C(=O)N(CC(=O)N1CCc2sccc2[C@H]1COc1ccccc1)C[C@H]1CCCO1. The zero-order valence-corrected chi connectivity index (χ0v) is 21.4. The molecule has 0 bridgehead atoms. The third-order valence-electron chi connectivity index (χ3n) is 7.00.